The molecule has 21 heavy (non-hydrogen) atoms. The van der Waals surface area contributed by atoms with Gasteiger partial charge in [0.1, 0.15) is 16.4 Å². The van der Waals surface area contributed by atoms with Gasteiger partial charge in [0.2, 0.25) is 0 Å². The van der Waals surface area contributed by atoms with Gasteiger partial charge in [0.05, 0.1) is 7.11 Å². The van der Waals surface area contributed by atoms with Gasteiger partial charge in [-0.25, -0.2) is 0 Å². The molecule has 6 heteroatoms. The number of ketones is 1. The molecule has 0 heterocycles. The number of methoxy groups -OCH3 is 1. The van der Waals surface area contributed by atoms with Crippen molar-refractivity contribution in [3.05, 3.63) is 54.1 Å². The molecule has 0 atom stereocenters. The van der Waals surface area contributed by atoms with Crippen molar-refractivity contribution in [3.63, 3.8) is 0 Å². The first-order chi connectivity index (χ1) is 9.92. The molecule has 2 rings (SSSR count). The fourth-order valence-corrected chi connectivity index (χ4v) is 2.59. The lowest BCUT2D eigenvalue weighted by Crippen LogP contribution is -2.09. The molecule has 0 aliphatic rings. The third-order valence-electron chi connectivity index (χ3n) is 2.81. The van der Waals surface area contributed by atoms with E-state index in [-0.39, 0.29) is 16.4 Å². The van der Waals surface area contributed by atoms with Crippen LogP contribution in [-0.4, -0.2) is 21.3 Å². The monoisotopic (exact) mass is 306 g/mol. The lowest BCUT2D eigenvalue weighted by Gasteiger charge is -2.08. The van der Waals surface area contributed by atoms with E-state index in [9.17, 15) is 13.2 Å². The van der Waals surface area contributed by atoms with Crippen molar-refractivity contribution in [2.75, 3.05) is 7.11 Å². The predicted molar refractivity (Wildman–Crippen MR) is 77.3 cm³/mol. The summed E-state index contributed by atoms with van der Waals surface area (Å²) in [4.78, 5) is 11.2. The van der Waals surface area contributed by atoms with E-state index >= 15 is 0 Å². The van der Waals surface area contributed by atoms with E-state index in [4.69, 9.17) is 8.92 Å². The lowest BCUT2D eigenvalue weighted by molar-refractivity contribution is 0.101. The van der Waals surface area contributed by atoms with E-state index in [0.29, 0.717) is 11.3 Å². The van der Waals surface area contributed by atoms with Crippen LogP contribution in [0, 0.1) is 0 Å². The molecule has 0 radical (unpaired) electrons. The van der Waals surface area contributed by atoms with E-state index in [2.05, 4.69) is 0 Å². The van der Waals surface area contributed by atoms with E-state index in [1.807, 2.05) is 0 Å². The molecule has 5 nitrogen and oxygen atoms in total. The maximum absolute atomic E-state index is 12.1. The Labute approximate surface area is 123 Å². The maximum Gasteiger partial charge on any atom is 0.339 e. The van der Waals surface area contributed by atoms with Crippen LogP contribution in [0.1, 0.15) is 17.3 Å². The Kier molecular flexibility index (Phi) is 4.28. The van der Waals surface area contributed by atoms with Crippen LogP contribution < -0.4 is 8.92 Å². The average Bonchev–Trinajstić information content (AvgIpc) is 2.47. The topological polar surface area (TPSA) is 69.7 Å². The Morgan fingerprint density at radius 2 is 1.43 bits per heavy atom. The zero-order valence-corrected chi connectivity index (χ0v) is 12.4. The van der Waals surface area contributed by atoms with E-state index in [0.717, 1.165) is 0 Å². The highest BCUT2D eigenvalue weighted by Gasteiger charge is 2.16. The molecule has 0 spiro atoms. The number of hydrogen-bond acceptors (Lipinski definition) is 5. The highest BCUT2D eigenvalue weighted by molar-refractivity contribution is 7.87. The highest BCUT2D eigenvalue weighted by Crippen LogP contribution is 2.21. The van der Waals surface area contributed by atoms with Crippen molar-refractivity contribution in [1.82, 2.24) is 0 Å². The largest absolute Gasteiger partial charge is 0.497 e. The summed E-state index contributed by atoms with van der Waals surface area (Å²) in [5.74, 6) is 0.607. The molecular weight excluding hydrogens is 292 g/mol. The van der Waals surface area contributed by atoms with Crippen LogP contribution in [-0.2, 0) is 10.1 Å². The maximum atomic E-state index is 12.1. The number of rotatable bonds is 5. The molecule has 0 unspecified atom stereocenters. The first-order valence-electron chi connectivity index (χ1n) is 6.12. The van der Waals surface area contributed by atoms with Crippen LogP contribution in [0.5, 0.6) is 11.5 Å². The molecule has 0 N–H and O–H groups in total. The first-order valence-corrected chi connectivity index (χ1v) is 7.53. The van der Waals surface area contributed by atoms with Crippen molar-refractivity contribution in [2.45, 2.75) is 11.8 Å². The fourth-order valence-electron chi connectivity index (χ4n) is 1.66. The van der Waals surface area contributed by atoms with Gasteiger partial charge in [-0.1, -0.05) is 0 Å². The molecule has 0 aromatic heterocycles. The van der Waals surface area contributed by atoms with Crippen LogP contribution in [0.2, 0.25) is 0 Å². The minimum absolute atomic E-state index is 0.0268. The van der Waals surface area contributed by atoms with E-state index in [1.54, 1.807) is 0 Å². The van der Waals surface area contributed by atoms with Gasteiger partial charge < -0.3 is 8.92 Å². The van der Waals surface area contributed by atoms with Crippen molar-refractivity contribution in [3.8, 4) is 11.5 Å². The van der Waals surface area contributed by atoms with Crippen molar-refractivity contribution in [1.29, 1.82) is 0 Å². The number of hydrogen-bond donors (Lipinski definition) is 0. The molecule has 2 aromatic carbocycles. The van der Waals surface area contributed by atoms with Crippen molar-refractivity contribution >= 4 is 15.9 Å². The summed E-state index contributed by atoms with van der Waals surface area (Å²) in [7, 11) is -2.42. The summed E-state index contributed by atoms with van der Waals surface area (Å²) in [5.41, 5.74) is 0.490. The van der Waals surface area contributed by atoms with Gasteiger partial charge in [0.25, 0.3) is 0 Å². The number of Topliss-reactive ketones (excluding diaryl/α,β-unsaturated/α-hetero) is 1. The van der Waals surface area contributed by atoms with Gasteiger partial charge in [-0.05, 0) is 55.5 Å². The van der Waals surface area contributed by atoms with Gasteiger partial charge in [0.15, 0.2) is 5.78 Å². The summed E-state index contributed by atoms with van der Waals surface area (Å²) in [6, 6.07) is 11.8. The molecule has 0 saturated heterocycles. The molecule has 0 saturated carbocycles. The van der Waals surface area contributed by atoms with Crippen LogP contribution >= 0.6 is 0 Å². The number of benzene rings is 2. The summed E-state index contributed by atoms with van der Waals surface area (Å²) >= 11 is 0. The van der Waals surface area contributed by atoms with Gasteiger partial charge in [-0.3, -0.25) is 4.79 Å². The second-order valence-electron chi connectivity index (χ2n) is 4.29. The Balaban J connectivity index is 2.21. The number of ether oxygens (including phenoxy) is 1. The SMILES string of the molecule is COc1ccc(S(=O)(=O)Oc2ccc(C(C)=O)cc2)cc1. The molecule has 110 valence electrons. The van der Waals surface area contributed by atoms with Crippen LogP contribution in [0.25, 0.3) is 0 Å². The summed E-state index contributed by atoms with van der Waals surface area (Å²) in [5, 5.41) is 0. The average molecular weight is 306 g/mol. The zero-order chi connectivity index (χ0) is 15.5. The molecule has 0 fully saturated rings. The van der Waals surface area contributed by atoms with Crippen molar-refractivity contribution in [2.24, 2.45) is 0 Å². The third-order valence-corrected chi connectivity index (χ3v) is 4.08. The number of carbonyl (C=O) groups excluding carboxylic acids is 1. The van der Waals surface area contributed by atoms with Crippen LogP contribution in [0.15, 0.2) is 53.4 Å². The van der Waals surface area contributed by atoms with Crippen molar-refractivity contribution < 1.29 is 22.1 Å². The molecule has 0 aliphatic carbocycles. The minimum Gasteiger partial charge on any atom is -0.497 e. The first kappa shape index (κ1) is 15.1. The van der Waals surface area contributed by atoms with Gasteiger partial charge in [-0.2, -0.15) is 8.42 Å². The molecule has 0 aliphatic heterocycles. The summed E-state index contributed by atoms with van der Waals surface area (Å²) in [6.45, 7) is 1.43. The molecule has 0 amide bonds. The Morgan fingerprint density at radius 3 is 1.90 bits per heavy atom. The highest BCUT2D eigenvalue weighted by atomic mass is 32.2. The molecular formula is C15H14O5S. The third kappa shape index (κ3) is 3.61. The second kappa shape index (κ2) is 5.97. The number of carbonyl (C=O) groups is 1. The van der Waals surface area contributed by atoms with E-state index < -0.39 is 10.1 Å². The fraction of sp³-hybridized carbons (Fsp3) is 0.133. The van der Waals surface area contributed by atoms with Crippen LogP contribution in [0.4, 0.5) is 0 Å². The summed E-state index contributed by atoms with van der Waals surface area (Å²) in [6.07, 6.45) is 0. The Bertz CT molecular complexity index is 731. The Morgan fingerprint density at radius 1 is 0.905 bits per heavy atom. The molecule has 0 bridgehead atoms. The zero-order valence-electron chi connectivity index (χ0n) is 11.6. The van der Waals surface area contributed by atoms with Crippen LogP contribution in [0.3, 0.4) is 0 Å². The van der Waals surface area contributed by atoms with Gasteiger partial charge >= 0.3 is 10.1 Å². The second-order valence-corrected chi connectivity index (χ2v) is 5.84. The normalized spacial score (nSPS) is 11.0. The van der Waals surface area contributed by atoms with Gasteiger partial charge in [0, 0.05) is 5.56 Å². The molecule has 2 aromatic rings. The lowest BCUT2D eigenvalue weighted by atomic mass is 10.1. The van der Waals surface area contributed by atoms with Gasteiger partial charge in [-0.15, -0.1) is 0 Å². The van der Waals surface area contributed by atoms with E-state index in [1.165, 1.54) is 62.6 Å². The smallest absolute Gasteiger partial charge is 0.339 e. The summed E-state index contributed by atoms with van der Waals surface area (Å²) < 4.78 is 34.2. The quantitative estimate of drug-likeness (QED) is 0.627. The Hall–Kier alpha value is -2.34. The minimum atomic E-state index is -3.91. The predicted octanol–water partition coefficient (Wildman–Crippen LogP) is 2.67. The standard InChI is InChI=1S/C15H14O5S/c1-11(16)12-3-5-14(6-4-12)20-21(17,18)15-9-7-13(19-2)8-10-15/h3-10H,1-2H3.